The molecule has 0 aromatic carbocycles. The van der Waals surface area contributed by atoms with E-state index in [-0.39, 0.29) is 0 Å². The molecule has 11 heavy (non-hydrogen) atoms. The number of hydrogen-bond donors (Lipinski definition) is 0. The normalized spacial score (nSPS) is 12.7. The Bertz CT molecular complexity index is 166. The summed E-state index contributed by atoms with van der Waals surface area (Å²) in [4.78, 5) is 1.42. The molecule has 0 spiro atoms. The van der Waals surface area contributed by atoms with Gasteiger partial charge >= 0.3 is 0 Å². The van der Waals surface area contributed by atoms with Gasteiger partial charge in [0, 0.05) is 0 Å². The Hall–Kier alpha value is -0.170. The third-order valence-electron chi connectivity index (χ3n) is 1.94. The molecule has 0 aromatic heterocycles. The van der Waals surface area contributed by atoms with E-state index in [1.54, 1.807) is 0 Å². The molecule has 64 valence electrons. The average Bonchev–Trinajstić information content (AvgIpc) is 2.05. The van der Waals surface area contributed by atoms with Crippen molar-refractivity contribution in [1.82, 2.24) is 0 Å². The molecule has 0 aliphatic rings. The first-order valence-electron chi connectivity index (χ1n) is 4.09. The summed E-state index contributed by atoms with van der Waals surface area (Å²) in [6.07, 6.45) is 4.30. The van der Waals surface area contributed by atoms with Gasteiger partial charge in [0.05, 0.1) is 0 Å². The summed E-state index contributed by atoms with van der Waals surface area (Å²) in [6.45, 7) is 10.6. The van der Waals surface area contributed by atoms with Crippen molar-refractivity contribution < 1.29 is 0 Å². The number of thioether (sulfide) groups is 1. The van der Waals surface area contributed by atoms with Crippen LogP contribution in [0.2, 0.25) is 0 Å². The van der Waals surface area contributed by atoms with Gasteiger partial charge in [-0.25, -0.2) is 0 Å². The molecule has 1 heteroatoms. The lowest BCUT2D eigenvalue weighted by atomic mass is 10.0. The lowest BCUT2D eigenvalue weighted by Crippen LogP contribution is -1.88. The third-order valence-corrected chi connectivity index (χ3v) is 2.80. The van der Waals surface area contributed by atoms with Gasteiger partial charge < -0.3 is 0 Å². The molecule has 0 unspecified atom stereocenters. The first-order valence-corrected chi connectivity index (χ1v) is 5.31. The van der Waals surface area contributed by atoms with Crippen LogP contribution in [0.1, 0.15) is 33.6 Å². The van der Waals surface area contributed by atoms with Crippen molar-refractivity contribution in [3.63, 3.8) is 0 Å². The van der Waals surface area contributed by atoms with E-state index in [1.165, 1.54) is 16.1 Å². The fourth-order valence-corrected chi connectivity index (χ4v) is 1.62. The molecule has 0 aromatic rings. The van der Waals surface area contributed by atoms with Crippen LogP contribution in [-0.2, 0) is 0 Å². The van der Waals surface area contributed by atoms with E-state index >= 15 is 0 Å². The highest BCUT2D eigenvalue weighted by Crippen LogP contribution is 2.25. The second kappa shape index (κ2) is 5.48. The first kappa shape index (κ1) is 10.8. The second-order valence-electron chi connectivity index (χ2n) is 2.55. The van der Waals surface area contributed by atoms with Crippen LogP contribution in [0.15, 0.2) is 22.6 Å². The highest BCUT2D eigenvalue weighted by molar-refractivity contribution is 8.02. The zero-order chi connectivity index (χ0) is 8.85. The molecule has 0 nitrogen and oxygen atoms in total. The molecule has 0 radical (unpaired) electrons. The molecule has 0 aliphatic carbocycles. The van der Waals surface area contributed by atoms with Crippen LogP contribution in [0.4, 0.5) is 0 Å². The number of allylic oxidation sites excluding steroid dienone is 3. The second-order valence-corrected chi connectivity index (χ2v) is 3.57. The van der Waals surface area contributed by atoms with E-state index in [1.807, 2.05) is 11.8 Å². The summed E-state index contributed by atoms with van der Waals surface area (Å²) < 4.78 is 0. The van der Waals surface area contributed by atoms with Gasteiger partial charge in [0.15, 0.2) is 0 Å². The molecular formula is C10H18S. The van der Waals surface area contributed by atoms with Gasteiger partial charge in [-0.15, -0.1) is 11.8 Å². The van der Waals surface area contributed by atoms with E-state index in [2.05, 4.69) is 33.6 Å². The Morgan fingerprint density at radius 3 is 2.09 bits per heavy atom. The summed E-state index contributed by atoms with van der Waals surface area (Å²) in [5.74, 6) is 0. The minimum atomic E-state index is 1.07. The maximum atomic E-state index is 4.04. The maximum Gasteiger partial charge on any atom is -0.0140 e. The smallest absolute Gasteiger partial charge is 0.0140 e. The van der Waals surface area contributed by atoms with Crippen molar-refractivity contribution >= 4 is 11.8 Å². The monoisotopic (exact) mass is 170 g/mol. The lowest BCUT2D eigenvalue weighted by Gasteiger charge is -2.09. The summed E-state index contributed by atoms with van der Waals surface area (Å²) in [6, 6.07) is 0. The van der Waals surface area contributed by atoms with Gasteiger partial charge in [0.1, 0.15) is 0 Å². The molecule has 0 aliphatic heterocycles. The van der Waals surface area contributed by atoms with Gasteiger partial charge in [0.25, 0.3) is 0 Å². The summed E-state index contributed by atoms with van der Waals surface area (Å²) in [7, 11) is 0. The molecule has 0 atom stereocenters. The Kier molecular flexibility index (Phi) is 5.39. The van der Waals surface area contributed by atoms with Crippen molar-refractivity contribution in [2.24, 2.45) is 0 Å². The van der Waals surface area contributed by atoms with Crippen molar-refractivity contribution in [2.75, 3.05) is 6.26 Å². The van der Waals surface area contributed by atoms with Crippen LogP contribution in [-0.4, -0.2) is 6.26 Å². The third kappa shape index (κ3) is 3.15. The van der Waals surface area contributed by atoms with Crippen LogP contribution in [0.25, 0.3) is 0 Å². The minimum absolute atomic E-state index is 1.07. The molecule has 0 bridgehead atoms. The van der Waals surface area contributed by atoms with Crippen LogP contribution in [0.5, 0.6) is 0 Å². The highest BCUT2D eigenvalue weighted by atomic mass is 32.2. The summed E-state index contributed by atoms with van der Waals surface area (Å²) in [5.41, 5.74) is 2.74. The van der Waals surface area contributed by atoms with Crippen molar-refractivity contribution in [2.45, 2.75) is 33.6 Å². The SMILES string of the molecule is C=C(CC)/C(CC)=C(\C)SC. The van der Waals surface area contributed by atoms with Gasteiger partial charge in [-0.05, 0) is 36.5 Å². The van der Waals surface area contributed by atoms with Gasteiger partial charge in [-0.3, -0.25) is 0 Å². The molecule has 0 fully saturated rings. The Balaban J connectivity index is 4.50. The van der Waals surface area contributed by atoms with Gasteiger partial charge in [-0.2, -0.15) is 0 Å². The fraction of sp³-hybridized carbons (Fsp3) is 0.600. The number of hydrogen-bond acceptors (Lipinski definition) is 1. The molecule has 0 saturated carbocycles. The predicted molar refractivity (Wildman–Crippen MR) is 55.9 cm³/mol. The van der Waals surface area contributed by atoms with E-state index in [0.29, 0.717) is 0 Å². The molecule has 0 saturated heterocycles. The topological polar surface area (TPSA) is 0 Å². The summed E-state index contributed by atoms with van der Waals surface area (Å²) in [5, 5.41) is 0. The Labute approximate surface area is 74.8 Å². The molecule has 0 N–H and O–H groups in total. The van der Waals surface area contributed by atoms with Crippen LogP contribution < -0.4 is 0 Å². The van der Waals surface area contributed by atoms with Crippen molar-refractivity contribution in [3.8, 4) is 0 Å². The molecule has 0 heterocycles. The summed E-state index contributed by atoms with van der Waals surface area (Å²) >= 11 is 1.82. The Morgan fingerprint density at radius 2 is 1.82 bits per heavy atom. The van der Waals surface area contributed by atoms with Gasteiger partial charge in [-0.1, -0.05) is 26.0 Å². The quantitative estimate of drug-likeness (QED) is 0.575. The lowest BCUT2D eigenvalue weighted by molar-refractivity contribution is 1.02. The van der Waals surface area contributed by atoms with E-state index in [0.717, 1.165) is 12.8 Å². The zero-order valence-electron chi connectivity index (χ0n) is 8.03. The predicted octanol–water partition coefficient (Wildman–Crippen LogP) is 4.00. The first-order chi connectivity index (χ1) is 5.17. The average molecular weight is 170 g/mol. The Morgan fingerprint density at radius 1 is 1.27 bits per heavy atom. The highest BCUT2D eigenvalue weighted by Gasteiger charge is 2.01. The van der Waals surface area contributed by atoms with Crippen LogP contribution >= 0.6 is 11.8 Å². The maximum absolute atomic E-state index is 4.04. The largest absolute Gasteiger partial charge is 0.134 e. The standard InChI is InChI=1S/C10H18S/c1-6-8(3)10(7-2)9(4)11-5/h3,6-7H2,1-2,4-5H3/b10-9+. The van der Waals surface area contributed by atoms with Crippen LogP contribution in [0.3, 0.4) is 0 Å². The number of rotatable bonds is 4. The van der Waals surface area contributed by atoms with E-state index in [9.17, 15) is 0 Å². The minimum Gasteiger partial charge on any atom is -0.134 e. The molecule has 0 rings (SSSR count). The molecule has 0 amide bonds. The fourth-order valence-electron chi connectivity index (χ4n) is 1.08. The van der Waals surface area contributed by atoms with Gasteiger partial charge in [0.2, 0.25) is 0 Å². The van der Waals surface area contributed by atoms with E-state index in [4.69, 9.17) is 0 Å². The zero-order valence-corrected chi connectivity index (χ0v) is 8.85. The van der Waals surface area contributed by atoms with Crippen molar-refractivity contribution in [1.29, 1.82) is 0 Å². The van der Waals surface area contributed by atoms with Crippen LogP contribution in [0, 0.1) is 0 Å². The van der Waals surface area contributed by atoms with E-state index < -0.39 is 0 Å². The van der Waals surface area contributed by atoms with Crippen molar-refractivity contribution in [3.05, 3.63) is 22.6 Å². The molecular weight excluding hydrogens is 152 g/mol.